The number of pyridine rings is 1. The molecule has 1 aromatic heterocycles. The molecule has 4 aromatic rings. The number of halogens is 3. The predicted molar refractivity (Wildman–Crippen MR) is 125 cm³/mol. The van der Waals surface area contributed by atoms with Crippen LogP contribution in [0.15, 0.2) is 91.1 Å². The van der Waals surface area contributed by atoms with E-state index in [1.807, 2.05) is 24.3 Å². The Kier molecular flexibility index (Phi) is 6.40. The van der Waals surface area contributed by atoms with Gasteiger partial charge in [-0.05, 0) is 54.1 Å². The minimum Gasteiger partial charge on any atom is -0.322 e. The zero-order valence-electron chi connectivity index (χ0n) is 17.6. The number of nitrogens with one attached hydrogen (secondary N) is 2. The highest BCUT2D eigenvalue weighted by atomic mass is 19.4. The van der Waals surface area contributed by atoms with E-state index in [9.17, 15) is 22.8 Å². The van der Waals surface area contributed by atoms with Gasteiger partial charge in [0.2, 0.25) is 5.91 Å². The molecule has 0 spiro atoms. The molecule has 0 saturated heterocycles. The monoisotopic (exact) mass is 461 g/mol. The smallest absolute Gasteiger partial charge is 0.322 e. The zero-order valence-corrected chi connectivity index (χ0v) is 17.6. The van der Waals surface area contributed by atoms with E-state index < -0.39 is 17.6 Å². The summed E-state index contributed by atoms with van der Waals surface area (Å²) in [6.45, 7) is 0. The maximum atomic E-state index is 12.9. The average Bonchev–Trinajstić information content (AvgIpc) is 2.83. The Morgan fingerprint density at radius 2 is 1.62 bits per heavy atom. The average molecular weight is 461 g/mol. The number of carbonyl (C=O) groups is 2. The van der Waals surface area contributed by atoms with E-state index in [0.717, 1.165) is 17.5 Å². The SMILES string of the molecule is O=C(/C=C/c1cccc(NC(=O)c2cccc(C(F)(F)F)c2)c1)Nc1cccc2cccnc12. The number of aromatic nitrogens is 1. The van der Waals surface area contributed by atoms with Crippen molar-refractivity contribution >= 4 is 40.2 Å². The fourth-order valence-corrected chi connectivity index (χ4v) is 3.31. The van der Waals surface area contributed by atoms with Gasteiger partial charge in [0.15, 0.2) is 0 Å². The summed E-state index contributed by atoms with van der Waals surface area (Å²) in [5.41, 5.74) is 1.24. The first-order chi connectivity index (χ1) is 16.3. The topological polar surface area (TPSA) is 71.1 Å². The van der Waals surface area contributed by atoms with Crippen molar-refractivity contribution in [3.8, 4) is 0 Å². The maximum absolute atomic E-state index is 12.9. The van der Waals surface area contributed by atoms with Crippen molar-refractivity contribution in [1.29, 1.82) is 0 Å². The summed E-state index contributed by atoms with van der Waals surface area (Å²) in [5.74, 6) is -1.04. The number of rotatable bonds is 5. The number of fused-ring (bicyclic) bond motifs is 1. The van der Waals surface area contributed by atoms with E-state index in [1.54, 1.807) is 42.6 Å². The van der Waals surface area contributed by atoms with Crippen LogP contribution < -0.4 is 10.6 Å². The molecule has 34 heavy (non-hydrogen) atoms. The van der Waals surface area contributed by atoms with Gasteiger partial charge in [0.1, 0.15) is 0 Å². The number of amides is 2. The highest BCUT2D eigenvalue weighted by Crippen LogP contribution is 2.29. The lowest BCUT2D eigenvalue weighted by molar-refractivity contribution is -0.137. The van der Waals surface area contributed by atoms with E-state index in [1.165, 1.54) is 18.2 Å². The lowest BCUT2D eigenvalue weighted by Gasteiger charge is -2.10. The molecule has 0 fully saturated rings. The van der Waals surface area contributed by atoms with Gasteiger partial charge in [0.05, 0.1) is 16.8 Å². The molecular weight excluding hydrogens is 443 g/mol. The van der Waals surface area contributed by atoms with Crippen LogP contribution in [0, 0.1) is 0 Å². The summed E-state index contributed by atoms with van der Waals surface area (Å²) >= 11 is 0. The van der Waals surface area contributed by atoms with Gasteiger partial charge in [-0.1, -0.05) is 36.4 Å². The first-order valence-electron chi connectivity index (χ1n) is 10.2. The summed E-state index contributed by atoms with van der Waals surface area (Å²) < 4.78 is 38.7. The number of benzene rings is 3. The summed E-state index contributed by atoms with van der Waals surface area (Å²) in [6, 6.07) is 20.0. The molecule has 0 aliphatic carbocycles. The van der Waals surface area contributed by atoms with Crippen LogP contribution in [0.1, 0.15) is 21.5 Å². The van der Waals surface area contributed by atoms with E-state index in [4.69, 9.17) is 0 Å². The van der Waals surface area contributed by atoms with Crippen molar-refractivity contribution in [1.82, 2.24) is 4.98 Å². The molecule has 3 aromatic carbocycles. The van der Waals surface area contributed by atoms with Crippen LogP contribution in [0.3, 0.4) is 0 Å². The van der Waals surface area contributed by atoms with Crippen LogP contribution in [0.5, 0.6) is 0 Å². The minimum absolute atomic E-state index is 0.112. The van der Waals surface area contributed by atoms with Crippen molar-refractivity contribution in [2.24, 2.45) is 0 Å². The third-order valence-corrected chi connectivity index (χ3v) is 4.91. The summed E-state index contributed by atoms with van der Waals surface area (Å²) in [7, 11) is 0. The molecule has 8 heteroatoms. The molecule has 4 rings (SSSR count). The number of nitrogens with zero attached hydrogens (tertiary/aromatic N) is 1. The predicted octanol–water partition coefficient (Wildman–Crippen LogP) is 6.16. The maximum Gasteiger partial charge on any atom is 0.416 e. The van der Waals surface area contributed by atoms with Crippen LogP contribution in [0.25, 0.3) is 17.0 Å². The van der Waals surface area contributed by atoms with Crippen LogP contribution in [-0.2, 0) is 11.0 Å². The second-order valence-corrected chi connectivity index (χ2v) is 7.36. The minimum atomic E-state index is -4.54. The zero-order chi connectivity index (χ0) is 24.1. The second-order valence-electron chi connectivity index (χ2n) is 7.36. The fourth-order valence-electron chi connectivity index (χ4n) is 3.31. The van der Waals surface area contributed by atoms with Crippen molar-refractivity contribution in [2.75, 3.05) is 10.6 Å². The number of anilines is 2. The molecule has 0 radical (unpaired) electrons. The Balaban J connectivity index is 1.44. The Labute approximate surface area is 193 Å². The molecule has 0 aliphatic heterocycles. The quantitative estimate of drug-likeness (QED) is 0.350. The molecule has 2 N–H and O–H groups in total. The molecule has 170 valence electrons. The molecule has 0 unspecified atom stereocenters. The molecule has 5 nitrogen and oxygen atoms in total. The van der Waals surface area contributed by atoms with E-state index in [2.05, 4.69) is 15.6 Å². The number of hydrogen-bond acceptors (Lipinski definition) is 3. The molecule has 0 aliphatic rings. The number of alkyl halides is 3. The third kappa shape index (κ3) is 5.47. The Hall–Kier alpha value is -4.46. The Morgan fingerprint density at radius 1 is 0.853 bits per heavy atom. The summed E-state index contributed by atoms with van der Waals surface area (Å²) in [6.07, 6.45) is 0.0139. The third-order valence-electron chi connectivity index (χ3n) is 4.91. The number of hydrogen-bond donors (Lipinski definition) is 2. The summed E-state index contributed by atoms with van der Waals surface area (Å²) in [4.78, 5) is 29.1. The number of para-hydroxylation sites is 1. The van der Waals surface area contributed by atoms with Gasteiger partial charge in [0, 0.05) is 28.9 Å². The summed E-state index contributed by atoms with van der Waals surface area (Å²) in [5, 5.41) is 6.26. The van der Waals surface area contributed by atoms with Crippen LogP contribution in [-0.4, -0.2) is 16.8 Å². The lowest BCUT2D eigenvalue weighted by Crippen LogP contribution is -2.14. The largest absolute Gasteiger partial charge is 0.416 e. The Bertz CT molecular complexity index is 1390. The highest BCUT2D eigenvalue weighted by molar-refractivity contribution is 6.07. The lowest BCUT2D eigenvalue weighted by atomic mass is 10.1. The number of carbonyl (C=O) groups excluding carboxylic acids is 2. The van der Waals surface area contributed by atoms with Crippen molar-refractivity contribution in [2.45, 2.75) is 6.18 Å². The molecular formula is C26H18F3N3O2. The standard InChI is InChI=1S/C26H18F3N3O2/c27-26(28,29)20-9-2-7-19(16-20)25(34)31-21-10-1-5-17(15-21)12-13-23(33)32-22-11-3-6-18-8-4-14-30-24(18)22/h1-16H,(H,31,34)(H,32,33)/b13-12+. The molecule has 1 heterocycles. The fraction of sp³-hybridized carbons (Fsp3) is 0.0385. The Morgan fingerprint density at radius 3 is 2.44 bits per heavy atom. The normalized spacial score (nSPS) is 11.5. The van der Waals surface area contributed by atoms with Gasteiger partial charge in [0.25, 0.3) is 5.91 Å². The molecule has 0 bridgehead atoms. The van der Waals surface area contributed by atoms with Gasteiger partial charge in [-0.2, -0.15) is 13.2 Å². The van der Waals surface area contributed by atoms with E-state index in [0.29, 0.717) is 22.5 Å². The molecule has 0 saturated carbocycles. The molecule has 2 amide bonds. The van der Waals surface area contributed by atoms with Gasteiger partial charge in [-0.15, -0.1) is 0 Å². The van der Waals surface area contributed by atoms with Crippen molar-refractivity contribution in [3.05, 3.63) is 108 Å². The van der Waals surface area contributed by atoms with Crippen molar-refractivity contribution in [3.63, 3.8) is 0 Å². The first kappa shape index (κ1) is 22.7. The van der Waals surface area contributed by atoms with Crippen molar-refractivity contribution < 1.29 is 22.8 Å². The van der Waals surface area contributed by atoms with Crippen LogP contribution >= 0.6 is 0 Å². The highest BCUT2D eigenvalue weighted by Gasteiger charge is 2.30. The van der Waals surface area contributed by atoms with Gasteiger partial charge in [-0.3, -0.25) is 14.6 Å². The first-order valence-corrected chi connectivity index (χ1v) is 10.2. The van der Waals surface area contributed by atoms with E-state index in [-0.39, 0.29) is 11.5 Å². The van der Waals surface area contributed by atoms with E-state index >= 15 is 0 Å². The molecule has 0 atom stereocenters. The van der Waals surface area contributed by atoms with Gasteiger partial charge < -0.3 is 10.6 Å². The van der Waals surface area contributed by atoms with Gasteiger partial charge in [-0.25, -0.2) is 0 Å². The van der Waals surface area contributed by atoms with Gasteiger partial charge >= 0.3 is 6.18 Å². The second kappa shape index (κ2) is 9.58. The van der Waals surface area contributed by atoms with Crippen LogP contribution in [0.2, 0.25) is 0 Å². The van der Waals surface area contributed by atoms with Crippen LogP contribution in [0.4, 0.5) is 24.5 Å².